The average Bonchev–Trinajstić information content (AvgIpc) is 2.68. The Bertz CT molecular complexity index is 539. The van der Waals surface area contributed by atoms with E-state index in [9.17, 15) is 9.59 Å². The van der Waals surface area contributed by atoms with Gasteiger partial charge in [-0.25, -0.2) is 0 Å². The highest BCUT2D eigenvalue weighted by Crippen LogP contribution is 2.01. The summed E-state index contributed by atoms with van der Waals surface area (Å²) in [5.74, 6) is -1.41. The van der Waals surface area contributed by atoms with E-state index in [1.165, 1.54) is 0 Å². The first-order valence-corrected chi connectivity index (χ1v) is 10.3. The zero-order chi connectivity index (χ0) is 20.7. The average molecular weight is 389 g/mol. The Balaban J connectivity index is 3.47. The molecule has 0 heterocycles. The molecule has 0 saturated heterocycles. The first kappa shape index (κ1) is 25.6. The van der Waals surface area contributed by atoms with Crippen LogP contribution in [0.3, 0.4) is 0 Å². The Morgan fingerprint density at radius 3 is 1.71 bits per heavy atom. The lowest BCUT2D eigenvalue weighted by Gasteiger charge is -2.02. The third kappa shape index (κ3) is 21.7. The molecule has 0 saturated carbocycles. The van der Waals surface area contributed by atoms with Crippen molar-refractivity contribution in [3.8, 4) is 0 Å². The maximum Gasteiger partial charge on any atom is 0.306 e. The van der Waals surface area contributed by atoms with Crippen molar-refractivity contribution in [2.45, 2.75) is 71.1 Å². The molecule has 0 aliphatic rings. The maximum atomic E-state index is 11.2. The summed E-state index contributed by atoms with van der Waals surface area (Å²) >= 11 is 0. The first-order valence-electron chi connectivity index (χ1n) is 10.3. The first-order chi connectivity index (χ1) is 13.7. The molecule has 0 bridgehead atoms. The van der Waals surface area contributed by atoms with Gasteiger partial charge in [0.1, 0.15) is 0 Å². The molecule has 0 aromatic heterocycles. The van der Waals surface area contributed by atoms with Crippen LogP contribution in [-0.4, -0.2) is 23.7 Å². The fourth-order valence-corrected chi connectivity index (χ4v) is 2.20. The van der Waals surface area contributed by atoms with Crippen molar-refractivity contribution in [1.29, 1.82) is 0 Å². The van der Waals surface area contributed by atoms with Gasteiger partial charge in [-0.3, -0.25) is 9.59 Å². The minimum absolute atomic E-state index is 0.0515. The van der Waals surface area contributed by atoms with Gasteiger partial charge in [0.05, 0.1) is 19.4 Å². The van der Waals surface area contributed by atoms with Crippen molar-refractivity contribution in [2.24, 2.45) is 0 Å². The number of carbonyl (C=O) groups is 2. The highest BCUT2D eigenvalue weighted by Gasteiger charge is 2.05. The number of ether oxygens (including phenoxy) is 1. The van der Waals surface area contributed by atoms with Gasteiger partial charge >= 0.3 is 11.9 Å². The molecule has 0 atom stereocenters. The molecule has 0 spiro atoms. The summed E-state index contributed by atoms with van der Waals surface area (Å²) in [5.41, 5.74) is 0. The van der Waals surface area contributed by atoms with Crippen molar-refractivity contribution in [3.63, 3.8) is 0 Å². The molecule has 4 heteroatoms. The number of allylic oxidation sites excluding steroid dienone is 10. The van der Waals surface area contributed by atoms with E-state index in [0.29, 0.717) is 6.61 Å². The Labute approximate surface area is 170 Å². The molecule has 4 nitrogen and oxygen atoms in total. The number of rotatable bonds is 17. The molecule has 0 radical (unpaired) electrons. The van der Waals surface area contributed by atoms with Gasteiger partial charge in [-0.2, -0.15) is 0 Å². The fraction of sp³-hybridized carbons (Fsp3) is 0.500. The molecule has 156 valence electrons. The monoisotopic (exact) mass is 388 g/mol. The quantitative estimate of drug-likeness (QED) is 0.180. The van der Waals surface area contributed by atoms with E-state index in [1.54, 1.807) is 0 Å². The van der Waals surface area contributed by atoms with E-state index in [2.05, 4.69) is 67.7 Å². The van der Waals surface area contributed by atoms with Gasteiger partial charge in [0.2, 0.25) is 0 Å². The van der Waals surface area contributed by atoms with Gasteiger partial charge in [-0.15, -0.1) is 0 Å². The molecule has 0 aromatic rings. The summed E-state index contributed by atoms with van der Waals surface area (Å²) in [6.45, 7) is 2.51. The van der Waals surface area contributed by atoms with Crippen molar-refractivity contribution in [2.75, 3.05) is 6.61 Å². The predicted octanol–water partition coefficient (Wildman–Crippen LogP) is 6.32. The minimum Gasteiger partial charge on any atom is -0.481 e. The Hall–Kier alpha value is -2.36. The number of esters is 1. The highest BCUT2D eigenvalue weighted by atomic mass is 16.5. The molecule has 0 rings (SSSR count). The molecule has 0 aromatic carbocycles. The zero-order valence-corrected chi connectivity index (χ0v) is 17.2. The molecular weight excluding hydrogens is 352 g/mol. The topological polar surface area (TPSA) is 63.6 Å². The summed E-state index contributed by atoms with van der Waals surface area (Å²) < 4.78 is 4.97. The van der Waals surface area contributed by atoms with Crippen molar-refractivity contribution in [3.05, 3.63) is 60.8 Å². The molecule has 0 aliphatic heterocycles. The van der Waals surface area contributed by atoms with Crippen LogP contribution in [0.15, 0.2) is 60.8 Å². The van der Waals surface area contributed by atoms with Gasteiger partial charge in [0.25, 0.3) is 0 Å². The predicted molar refractivity (Wildman–Crippen MR) is 116 cm³/mol. The second-order valence-corrected chi connectivity index (χ2v) is 6.32. The molecular formula is C24H36O4. The number of aliphatic carboxylic acids is 1. The number of hydrogen-bond donors (Lipinski definition) is 1. The van der Waals surface area contributed by atoms with Crippen molar-refractivity contribution < 1.29 is 19.4 Å². The van der Waals surface area contributed by atoms with E-state index in [0.717, 1.165) is 51.4 Å². The summed E-state index contributed by atoms with van der Waals surface area (Å²) in [6.07, 6.45) is 29.3. The number of carboxylic acids is 1. The molecule has 0 fully saturated rings. The summed E-state index contributed by atoms with van der Waals surface area (Å²) in [4.78, 5) is 21.5. The second-order valence-electron chi connectivity index (χ2n) is 6.32. The Kier molecular flexibility index (Phi) is 19.2. The van der Waals surface area contributed by atoms with Gasteiger partial charge < -0.3 is 9.84 Å². The van der Waals surface area contributed by atoms with Crippen LogP contribution in [0, 0.1) is 0 Å². The van der Waals surface area contributed by atoms with Crippen LogP contribution in [0.1, 0.15) is 71.1 Å². The Morgan fingerprint density at radius 2 is 1.21 bits per heavy atom. The van der Waals surface area contributed by atoms with E-state index in [1.807, 2.05) is 0 Å². The van der Waals surface area contributed by atoms with Crippen LogP contribution in [0.4, 0.5) is 0 Å². The van der Waals surface area contributed by atoms with E-state index >= 15 is 0 Å². The summed E-state index contributed by atoms with van der Waals surface area (Å²) in [7, 11) is 0. The normalized spacial score (nSPS) is 12.3. The van der Waals surface area contributed by atoms with Crippen molar-refractivity contribution in [1.82, 2.24) is 0 Å². The summed E-state index contributed by atoms with van der Waals surface area (Å²) in [5, 5.41) is 8.47. The van der Waals surface area contributed by atoms with Crippen LogP contribution in [-0.2, 0) is 14.3 Å². The van der Waals surface area contributed by atoms with E-state index in [-0.39, 0.29) is 12.8 Å². The van der Waals surface area contributed by atoms with Gasteiger partial charge in [0.15, 0.2) is 0 Å². The number of carbonyl (C=O) groups excluding carboxylic acids is 1. The van der Waals surface area contributed by atoms with Crippen LogP contribution in [0.25, 0.3) is 0 Å². The number of unbranched alkanes of at least 4 members (excludes halogenated alkanes) is 2. The fourth-order valence-electron chi connectivity index (χ4n) is 2.20. The lowest BCUT2D eigenvalue weighted by molar-refractivity contribution is -0.147. The third-order valence-electron chi connectivity index (χ3n) is 3.73. The zero-order valence-electron chi connectivity index (χ0n) is 17.2. The number of carboxylic acid groups (broad SMARTS) is 1. The second kappa shape index (κ2) is 20.9. The largest absolute Gasteiger partial charge is 0.481 e. The van der Waals surface area contributed by atoms with Crippen molar-refractivity contribution >= 4 is 11.9 Å². The standard InChI is InChI=1S/C24H36O4/c1-2-3-4-5-6-7-8-9-10-11-12-13-14-15-16-17-18-19-22-28-24(27)21-20-23(25)26/h3-4,6-7,9-10,12-13,15-16H,2,5,8,11,14,17-22H2,1H3,(H,25,26)/b4-3-,7-6-,10-9-,13-12-,16-15-. The molecule has 0 amide bonds. The van der Waals surface area contributed by atoms with Gasteiger partial charge in [-0.05, 0) is 51.4 Å². The molecule has 0 unspecified atom stereocenters. The van der Waals surface area contributed by atoms with Gasteiger partial charge in [-0.1, -0.05) is 67.7 Å². The van der Waals surface area contributed by atoms with Crippen LogP contribution in [0.5, 0.6) is 0 Å². The smallest absolute Gasteiger partial charge is 0.306 e. The molecule has 0 aliphatic carbocycles. The third-order valence-corrected chi connectivity index (χ3v) is 3.73. The molecule has 28 heavy (non-hydrogen) atoms. The van der Waals surface area contributed by atoms with E-state index < -0.39 is 11.9 Å². The minimum atomic E-state index is -0.977. The lowest BCUT2D eigenvalue weighted by Crippen LogP contribution is -2.08. The van der Waals surface area contributed by atoms with Crippen LogP contribution in [0.2, 0.25) is 0 Å². The van der Waals surface area contributed by atoms with E-state index in [4.69, 9.17) is 9.84 Å². The lowest BCUT2D eigenvalue weighted by atomic mass is 10.2. The highest BCUT2D eigenvalue weighted by molar-refractivity contribution is 5.76. The Morgan fingerprint density at radius 1 is 0.714 bits per heavy atom. The molecule has 1 N–H and O–H groups in total. The van der Waals surface area contributed by atoms with Crippen LogP contribution < -0.4 is 0 Å². The summed E-state index contributed by atoms with van der Waals surface area (Å²) in [6, 6.07) is 0. The van der Waals surface area contributed by atoms with Gasteiger partial charge in [0, 0.05) is 0 Å². The number of hydrogen-bond acceptors (Lipinski definition) is 3. The maximum absolute atomic E-state index is 11.2. The van der Waals surface area contributed by atoms with Crippen LogP contribution >= 0.6 is 0 Å². The SMILES string of the molecule is CC/C=C\C/C=C\C/C=C\C/C=C\C/C=C\CCCCOC(=O)CCC(=O)O.